The highest BCUT2D eigenvalue weighted by molar-refractivity contribution is 5.90. The van der Waals surface area contributed by atoms with Gasteiger partial charge < -0.3 is 18.9 Å². The molecule has 0 aliphatic rings. The Labute approximate surface area is 175 Å². The van der Waals surface area contributed by atoms with E-state index in [0.717, 1.165) is 11.1 Å². The van der Waals surface area contributed by atoms with Gasteiger partial charge in [0.1, 0.15) is 13.2 Å². The van der Waals surface area contributed by atoms with Gasteiger partial charge in [-0.1, -0.05) is 42.5 Å². The highest BCUT2D eigenvalue weighted by Gasteiger charge is 2.13. The first-order valence-corrected chi connectivity index (χ1v) is 9.30. The molecule has 0 saturated carbocycles. The number of methoxy groups -OCH3 is 2. The molecule has 0 bridgehead atoms. The summed E-state index contributed by atoms with van der Waals surface area (Å²) in [7, 11) is 2.84. The molecule has 154 valence electrons. The summed E-state index contributed by atoms with van der Waals surface area (Å²) in [5.74, 6) is 0.0827. The van der Waals surface area contributed by atoms with E-state index in [2.05, 4.69) is 4.74 Å². The Morgan fingerprint density at radius 2 is 1.37 bits per heavy atom. The first-order chi connectivity index (χ1) is 14.6. The summed E-state index contributed by atoms with van der Waals surface area (Å²) in [4.78, 5) is 23.9. The molecular weight excluding hydrogens is 384 g/mol. The molecule has 0 spiro atoms. The van der Waals surface area contributed by atoms with Crippen molar-refractivity contribution in [3.63, 3.8) is 0 Å². The zero-order valence-electron chi connectivity index (χ0n) is 16.8. The zero-order valence-corrected chi connectivity index (χ0v) is 16.8. The second kappa shape index (κ2) is 10.1. The highest BCUT2D eigenvalue weighted by Crippen LogP contribution is 2.29. The van der Waals surface area contributed by atoms with Gasteiger partial charge in [0.25, 0.3) is 0 Å². The lowest BCUT2D eigenvalue weighted by molar-refractivity contribution is 0.0471. The molecule has 0 aliphatic carbocycles. The van der Waals surface area contributed by atoms with Crippen molar-refractivity contribution in [1.29, 1.82) is 0 Å². The monoisotopic (exact) mass is 406 g/mol. The molecule has 0 radical (unpaired) electrons. The molecular formula is C24H22O6. The summed E-state index contributed by atoms with van der Waals surface area (Å²) in [5, 5.41) is 0. The van der Waals surface area contributed by atoms with Crippen molar-refractivity contribution in [2.75, 3.05) is 14.2 Å². The predicted molar refractivity (Wildman–Crippen MR) is 111 cm³/mol. The summed E-state index contributed by atoms with van der Waals surface area (Å²) in [6.45, 7) is 0.470. The van der Waals surface area contributed by atoms with Crippen molar-refractivity contribution < 1.29 is 28.5 Å². The molecule has 30 heavy (non-hydrogen) atoms. The fraction of sp³-hybridized carbons (Fsp3) is 0.167. The third-order valence-electron chi connectivity index (χ3n) is 4.38. The minimum Gasteiger partial charge on any atom is -0.493 e. The smallest absolute Gasteiger partial charge is 0.338 e. The molecule has 0 amide bonds. The zero-order chi connectivity index (χ0) is 21.3. The molecule has 0 N–H and O–H groups in total. The Balaban J connectivity index is 1.61. The van der Waals surface area contributed by atoms with Crippen molar-refractivity contribution in [1.82, 2.24) is 0 Å². The second-order valence-corrected chi connectivity index (χ2v) is 6.40. The highest BCUT2D eigenvalue weighted by atomic mass is 16.5. The van der Waals surface area contributed by atoms with E-state index in [9.17, 15) is 9.59 Å². The summed E-state index contributed by atoms with van der Waals surface area (Å²) in [6, 6.07) is 21.3. The molecule has 3 rings (SSSR count). The van der Waals surface area contributed by atoms with Gasteiger partial charge >= 0.3 is 11.9 Å². The number of rotatable bonds is 8. The lowest BCUT2D eigenvalue weighted by Gasteiger charge is -2.12. The number of hydrogen-bond acceptors (Lipinski definition) is 6. The van der Waals surface area contributed by atoms with Crippen LogP contribution in [-0.4, -0.2) is 26.2 Å². The van der Waals surface area contributed by atoms with Crippen LogP contribution in [-0.2, 0) is 22.7 Å². The van der Waals surface area contributed by atoms with Crippen LogP contribution in [0.5, 0.6) is 11.5 Å². The van der Waals surface area contributed by atoms with Crippen molar-refractivity contribution in [3.8, 4) is 11.5 Å². The third-order valence-corrected chi connectivity index (χ3v) is 4.38. The van der Waals surface area contributed by atoms with Crippen molar-refractivity contribution in [3.05, 3.63) is 95.1 Å². The lowest BCUT2D eigenvalue weighted by atomic mass is 10.1. The van der Waals surface area contributed by atoms with Gasteiger partial charge in [-0.2, -0.15) is 0 Å². The Morgan fingerprint density at radius 3 is 2.03 bits per heavy atom. The summed E-state index contributed by atoms with van der Waals surface area (Å²) >= 11 is 0. The minimum atomic E-state index is -0.486. The van der Waals surface area contributed by atoms with E-state index in [4.69, 9.17) is 14.2 Å². The molecule has 0 aromatic heterocycles. The average molecular weight is 406 g/mol. The Morgan fingerprint density at radius 1 is 0.700 bits per heavy atom. The molecule has 0 unspecified atom stereocenters. The molecule has 0 atom stereocenters. The van der Waals surface area contributed by atoms with Gasteiger partial charge in [0, 0.05) is 0 Å². The summed E-state index contributed by atoms with van der Waals surface area (Å²) in [5.41, 5.74) is 2.57. The van der Waals surface area contributed by atoms with E-state index in [-0.39, 0.29) is 6.61 Å². The van der Waals surface area contributed by atoms with Gasteiger partial charge in [-0.25, -0.2) is 9.59 Å². The van der Waals surface area contributed by atoms with Crippen LogP contribution in [0.3, 0.4) is 0 Å². The van der Waals surface area contributed by atoms with E-state index in [0.29, 0.717) is 29.2 Å². The van der Waals surface area contributed by atoms with Gasteiger partial charge in [-0.3, -0.25) is 0 Å². The molecule has 3 aromatic carbocycles. The lowest BCUT2D eigenvalue weighted by Crippen LogP contribution is -2.07. The standard InChI is InChI=1S/C24H22O6/c1-27-22-14-20(12-13-21(22)29-15-17-6-4-3-5-7-17)24(26)30-16-18-8-10-19(11-9-18)23(25)28-2/h3-14H,15-16H2,1-2H3. The van der Waals surface area contributed by atoms with E-state index >= 15 is 0 Å². The second-order valence-electron chi connectivity index (χ2n) is 6.40. The minimum absolute atomic E-state index is 0.0782. The van der Waals surface area contributed by atoms with Gasteiger partial charge in [-0.05, 0) is 41.5 Å². The van der Waals surface area contributed by atoms with Crippen LogP contribution in [0.1, 0.15) is 31.8 Å². The number of esters is 2. The summed E-state index contributed by atoms with van der Waals surface area (Å²) < 4.78 is 21.2. The van der Waals surface area contributed by atoms with Crippen LogP contribution in [0.25, 0.3) is 0 Å². The molecule has 0 heterocycles. The quantitative estimate of drug-likeness (QED) is 0.516. The SMILES string of the molecule is COC(=O)c1ccc(COC(=O)c2ccc(OCc3ccccc3)c(OC)c2)cc1. The normalized spacial score (nSPS) is 10.2. The van der Waals surface area contributed by atoms with Crippen LogP contribution in [0.2, 0.25) is 0 Å². The number of carbonyl (C=O) groups excluding carboxylic acids is 2. The molecule has 0 aliphatic heterocycles. The fourth-order valence-corrected chi connectivity index (χ4v) is 2.74. The van der Waals surface area contributed by atoms with Crippen LogP contribution in [0, 0.1) is 0 Å². The molecule has 0 saturated heterocycles. The first kappa shape index (κ1) is 20.9. The van der Waals surface area contributed by atoms with Crippen molar-refractivity contribution in [2.45, 2.75) is 13.2 Å². The van der Waals surface area contributed by atoms with Gasteiger partial charge in [-0.15, -0.1) is 0 Å². The molecule has 3 aromatic rings. The number of ether oxygens (including phenoxy) is 4. The maximum absolute atomic E-state index is 12.4. The average Bonchev–Trinajstić information content (AvgIpc) is 2.81. The number of carbonyl (C=O) groups is 2. The Kier molecular flexibility index (Phi) is 7.05. The first-order valence-electron chi connectivity index (χ1n) is 9.30. The van der Waals surface area contributed by atoms with Crippen LogP contribution in [0.4, 0.5) is 0 Å². The topological polar surface area (TPSA) is 71.1 Å². The number of benzene rings is 3. The van der Waals surface area contributed by atoms with Crippen LogP contribution < -0.4 is 9.47 Å². The maximum atomic E-state index is 12.4. The Bertz CT molecular complexity index is 996. The van der Waals surface area contributed by atoms with E-state index in [1.165, 1.54) is 14.2 Å². The Hall–Kier alpha value is -3.80. The van der Waals surface area contributed by atoms with Crippen molar-refractivity contribution >= 4 is 11.9 Å². The largest absolute Gasteiger partial charge is 0.493 e. The molecule has 6 heteroatoms. The van der Waals surface area contributed by atoms with Crippen molar-refractivity contribution in [2.24, 2.45) is 0 Å². The van der Waals surface area contributed by atoms with Crippen LogP contribution >= 0.6 is 0 Å². The maximum Gasteiger partial charge on any atom is 0.338 e. The van der Waals surface area contributed by atoms with E-state index in [1.807, 2.05) is 30.3 Å². The van der Waals surface area contributed by atoms with E-state index < -0.39 is 11.9 Å². The van der Waals surface area contributed by atoms with Gasteiger partial charge in [0.05, 0.1) is 25.3 Å². The van der Waals surface area contributed by atoms with E-state index in [1.54, 1.807) is 42.5 Å². The fourth-order valence-electron chi connectivity index (χ4n) is 2.74. The third kappa shape index (κ3) is 5.38. The molecule has 0 fully saturated rings. The predicted octanol–water partition coefficient (Wildman–Crippen LogP) is 4.42. The van der Waals surface area contributed by atoms with Crippen LogP contribution in [0.15, 0.2) is 72.8 Å². The van der Waals surface area contributed by atoms with Gasteiger partial charge in [0.15, 0.2) is 11.5 Å². The molecule has 6 nitrogen and oxygen atoms in total. The summed E-state index contributed by atoms with van der Waals surface area (Å²) in [6.07, 6.45) is 0. The van der Waals surface area contributed by atoms with Gasteiger partial charge in [0.2, 0.25) is 0 Å². The number of hydrogen-bond donors (Lipinski definition) is 0.